The Morgan fingerprint density at radius 1 is 1.15 bits per heavy atom. The van der Waals surface area contributed by atoms with Gasteiger partial charge in [-0.2, -0.15) is 10.5 Å². The summed E-state index contributed by atoms with van der Waals surface area (Å²) in [6.45, 7) is 6.01. The monoisotopic (exact) mass is 397 g/mol. The lowest BCUT2D eigenvalue weighted by molar-refractivity contribution is 0.218. The van der Waals surface area contributed by atoms with Crippen molar-refractivity contribution in [2.24, 2.45) is 21.6 Å². The Kier molecular flexibility index (Phi) is 5.20. The van der Waals surface area contributed by atoms with Crippen LogP contribution < -0.4 is 11.1 Å². The van der Waals surface area contributed by atoms with E-state index in [-0.39, 0.29) is 5.84 Å². The van der Waals surface area contributed by atoms with Gasteiger partial charge in [0.25, 0.3) is 0 Å². The number of hydrogen-bond acceptors (Lipinski definition) is 7. The molecule has 3 atom stereocenters. The smallest absolute Gasteiger partial charge is 0.178 e. The lowest BCUT2D eigenvalue weighted by atomic mass is 9.58. The maximum absolute atomic E-state index is 10.5. The van der Waals surface area contributed by atoms with Crippen LogP contribution in [-0.4, -0.2) is 21.5 Å². The molecule has 3 rings (SSSR count). The summed E-state index contributed by atoms with van der Waals surface area (Å²) in [7, 11) is 0. The van der Waals surface area contributed by atoms with Crippen LogP contribution in [0, 0.1) is 33.5 Å². The van der Waals surface area contributed by atoms with Crippen LogP contribution in [0.25, 0.3) is 0 Å². The Morgan fingerprint density at radius 2 is 1.78 bits per heavy atom. The van der Waals surface area contributed by atoms with Gasteiger partial charge in [-0.1, -0.05) is 44.2 Å². The number of fused-ring (bicyclic) bond motifs is 1. The first kappa shape index (κ1) is 19.7. The van der Waals surface area contributed by atoms with Crippen molar-refractivity contribution in [1.29, 1.82) is 10.5 Å². The van der Waals surface area contributed by atoms with Gasteiger partial charge in [0.15, 0.2) is 9.62 Å². The molecule has 3 N–H and O–H groups in total. The van der Waals surface area contributed by atoms with Crippen molar-refractivity contribution >= 4 is 29.4 Å². The number of aliphatic imine (C=N–C) groups is 1. The number of rotatable bonds is 5. The van der Waals surface area contributed by atoms with Gasteiger partial charge in [0.2, 0.25) is 0 Å². The molecule has 0 fully saturated rings. The molecule has 2 aliphatic heterocycles. The van der Waals surface area contributed by atoms with E-state index < -0.39 is 21.1 Å². The highest BCUT2D eigenvalue weighted by Crippen LogP contribution is 2.68. The van der Waals surface area contributed by atoms with Gasteiger partial charge < -0.3 is 11.1 Å². The zero-order chi connectivity index (χ0) is 19.7. The molecule has 2 heterocycles. The average Bonchev–Trinajstić information content (AvgIpc) is 2.88. The fourth-order valence-electron chi connectivity index (χ4n) is 4.17. The highest BCUT2D eigenvalue weighted by atomic mass is 32.2. The Balaban J connectivity index is 2.35. The van der Waals surface area contributed by atoms with Crippen molar-refractivity contribution in [2.75, 3.05) is 11.5 Å². The summed E-state index contributed by atoms with van der Waals surface area (Å²) in [5, 5.41) is 24.4. The van der Waals surface area contributed by atoms with Gasteiger partial charge in [0, 0.05) is 5.70 Å². The molecule has 27 heavy (non-hydrogen) atoms. The van der Waals surface area contributed by atoms with Crippen molar-refractivity contribution in [3.8, 4) is 12.1 Å². The fourth-order valence-corrected chi connectivity index (χ4v) is 7.31. The molecule has 0 spiro atoms. The number of amidine groups is 1. The van der Waals surface area contributed by atoms with E-state index in [0.717, 1.165) is 22.8 Å². The molecule has 0 bridgehead atoms. The zero-order valence-corrected chi connectivity index (χ0v) is 17.3. The molecule has 0 amide bonds. The number of thioether (sulfide) groups is 2. The van der Waals surface area contributed by atoms with E-state index in [1.54, 1.807) is 23.5 Å². The molecular weight excluding hydrogens is 374 g/mol. The number of hydrogen-bond donors (Lipinski definition) is 2. The minimum Gasteiger partial charge on any atom is -0.386 e. The third kappa shape index (κ3) is 2.49. The van der Waals surface area contributed by atoms with Crippen molar-refractivity contribution in [2.45, 2.75) is 31.0 Å². The maximum atomic E-state index is 10.5. The quantitative estimate of drug-likeness (QED) is 0.734. The summed E-state index contributed by atoms with van der Waals surface area (Å²) in [5.41, 5.74) is 5.81. The van der Waals surface area contributed by atoms with E-state index in [1.807, 2.05) is 57.2 Å². The van der Waals surface area contributed by atoms with Crippen LogP contribution in [0.4, 0.5) is 0 Å². The summed E-state index contributed by atoms with van der Waals surface area (Å²) in [4.78, 5) is 4.83. The molecular formula is C20H23N5S2. The zero-order valence-electron chi connectivity index (χ0n) is 15.7. The van der Waals surface area contributed by atoms with Crippen molar-refractivity contribution in [1.82, 2.24) is 5.32 Å². The van der Waals surface area contributed by atoms with Gasteiger partial charge in [-0.3, -0.25) is 0 Å². The molecule has 2 aliphatic rings. The summed E-state index contributed by atoms with van der Waals surface area (Å²) in [6.07, 6.45) is 1.88. The largest absolute Gasteiger partial charge is 0.386 e. The predicted octanol–water partition coefficient (Wildman–Crippen LogP) is 3.79. The Hall–Kier alpha value is -2.09. The Morgan fingerprint density at radius 3 is 2.30 bits per heavy atom. The van der Waals surface area contributed by atoms with Crippen molar-refractivity contribution in [3.63, 3.8) is 0 Å². The minimum absolute atomic E-state index is 0.235. The lowest BCUT2D eigenvalue weighted by Gasteiger charge is -2.49. The van der Waals surface area contributed by atoms with Crippen LogP contribution in [0.1, 0.15) is 32.4 Å². The second-order valence-corrected chi connectivity index (χ2v) is 9.77. The van der Waals surface area contributed by atoms with Gasteiger partial charge in [-0.15, -0.1) is 23.5 Å². The molecule has 0 unspecified atom stereocenters. The maximum Gasteiger partial charge on any atom is 0.178 e. The first-order chi connectivity index (χ1) is 13.0. The van der Waals surface area contributed by atoms with Gasteiger partial charge in [0.1, 0.15) is 11.3 Å². The SMILES string of the molecule is CCSC1(SCC)N=C(N)[C@]2(C#N)[C@H](c3ccccc3)NC(C)=C[C@]12C#N. The van der Waals surface area contributed by atoms with Crippen molar-refractivity contribution in [3.05, 3.63) is 47.7 Å². The summed E-state index contributed by atoms with van der Waals surface area (Å²) in [6, 6.07) is 14.2. The number of allylic oxidation sites excluding steroid dienone is 1. The highest BCUT2D eigenvalue weighted by Gasteiger charge is 2.74. The van der Waals surface area contributed by atoms with E-state index >= 15 is 0 Å². The molecule has 7 heteroatoms. The second kappa shape index (κ2) is 7.14. The molecule has 1 aromatic carbocycles. The number of benzene rings is 1. The average molecular weight is 398 g/mol. The van der Waals surface area contributed by atoms with Gasteiger partial charge in [0.05, 0.1) is 18.2 Å². The summed E-state index contributed by atoms with van der Waals surface area (Å²) in [5.74, 6) is 1.77. The normalized spacial score (nSPS) is 30.9. The lowest BCUT2D eigenvalue weighted by Crippen LogP contribution is -2.59. The van der Waals surface area contributed by atoms with Crippen LogP contribution in [0.5, 0.6) is 0 Å². The Labute approximate surface area is 169 Å². The van der Waals surface area contributed by atoms with Gasteiger partial charge in [-0.05, 0) is 30.1 Å². The van der Waals surface area contributed by atoms with Crippen LogP contribution in [-0.2, 0) is 0 Å². The molecule has 0 radical (unpaired) electrons. The molecule has 0 saturated carbocycles. The number of nitrogens with zero attached hydrogens (tertiary/aromatic N) is 3. The third-order valence-corrected chi connectivity index (χ3v) is 8.09. The molecule has 0 aromatic heterocycles. The van der Waals surface area contributed by atoms with E-state index in [1.165, 1.54) is 0 Å². The number of nitrogens with two attached hydrogens (primary N) is 1. The molecule has 5 nitrogen and oxygen atoms in total. The molecule has 0 saturated heterocycles. The van der Waals surface area contributed by atoms with Crippen LogP contribution in [0.3, 0.4) is 0 Å². The highest BCUT2D eigenvalue weighted by molar-refractivity contribution is 8.18. The van der Waals surface area contributed by atoms with Crippen LogP contribution >= 0.6 is 23.5 Å². The molecule has 1 aromatic rings. The van der Waals surface area contributed by atoms with Crippen LogP contribution in [0.2, 0.25) is 0 Å². The first-order valence-electron chi connectivity index (χ1n) is 8.94. The molecule has 140 valence electrons. The number of nitriles is 2. The van der Waals surface area contributed by atoms with Gasteiger partial charge in [-0.25, -0.2) is 4.99 Å². The first-order valence-corrected chi connectivity index (χ1v) is 10.9. The van der Waals surface area contributed by atoms with E-state index in [9.17, 15) is 10.5 Å². The number of nitrogens with one attached hydrogen (secondary N) is 1. The summed E-state index contributed by atoms with van der Waals surface area (Å²) >= 11 is 3.17. The predicted molar refractivity (Wildman–Crippen MR) is 113 cm³/mol. The summed E-state index contributed by atoms with van der Waals surface area (Å²) < 4.78 is -0.846. The van der Waals surface area contributed by atoms with E-state index in [2.05, 4.69) is 17.5 Å². The topological polar surface area (TPSA) is 98.0 Å². The van der Waals surface area contributed by atoms with Crippen LogP contribution in [0.15, 0.2) is 47.1 Å². The third-order valence-electron chi connectivity index (χ3n) is 5.20. The van der Waals surface area contributed by atoms with E-state index in [4.69, 9.17) is 10.7 Å². The standard InChI is InChI=1S/C20H23N5S2/c1-4-26-20(27-5-2)18(12-21)11-14(3)24-16(15-9-7-6-8-10-15)19(18,13-22)17(23)25-20/h6-11,16,24H,4-5H2,1-3H3,(H2,23,25)/t16-,18+,19-/m0/s1. The minimum atomic E-state index is -1.28. The van der Waals surface area contributed by atoms with Gasteiger partial charge >= 0.3 is 0 Å². The second-order valence-electron chi connectivity index (χ2n) is 6.60. The van der Waals surface area contributed by atoms with Crippen molar-refractivity contribution < 1.29 is 0 Å². The Bertz CT molecular complexity index is 861. The van der Waals surface area contributed by atoms with E-state index in [0.29, 0.717) is 0 Å². The molecule has 0 aliphatic carbocycles. The fraction of sp³-hybridized carbons (Fsp3) is 0.450.